The quantitative estimate of drug-likeness (QED) is 0.630. The normalized spacial score (nSPS) is 10.8. The predicted octanol–water partition coefficient (Wildman–Crippen LogP) is 4.34. The lowest BCUT2D eigenvalue weighted by Crippen LogP contribution is -2.18. The van der Waals surface area contributed by atoms with Gasteiger partial charge in [0.15, 0.2) is 0 Å². The van der Waals surface area contributed by atoms with E-state index in [4.69, 9.17) is 0 Å². The predicted molar refractivity (Wildman–Crippen MR) is 115 cm³/mol. The molecule has 2 aromatic carbocycles. The van der Waals surface area contributed by atoms with Gasteiger partial charge < -0.3 is 10.6 Å². The molecule has 29 heavy (non-hydrogen) atoms. The summed E-state index contributed by atoms with van der Waals surface area (Å²) in [5.74, 6) is -0.324. The zero-order valence-electron chi connectivity index (χ0n) is 17.0. The molecule has 3 aromatic rings. The maximum Gasteiger partial charge on any atom is 0.259 e. The Morgan fingerprint density at radius 2 is 1.59 bits per heavy atom. The first-order valence-corrected chi connectivity index (χ1v) is 9.78. The highest BCUT2D eigenvalue weighted by Crippen LogP contribution is 2.18. The monoisotopic (exact) mass is 390 g/mol. The third-order valence-corrected chi connectivity index (χ3v) is 4.64. The van der Waals surface area contributed by atoms with E-state index in [1.807, 2.05) is 55.8 Å². The molecular formula is C23H26N4O2. The van der Waals surface area contributed by atoms with Crippen LogP contribution in [0.2, 0.25) is 0 Å². The molecule has 6 nitrogen and oxygen atoms in total. The highest BCUT2D eigenvalue weighted by molar-refractivity contribution is 6.05. The lowest BCUT2D eigenvalue weighted by molar-refractivity contribution is -0.118. The number of rotatable bonds is 7. The van der Waals surface area contributed by atoms with Crippen molar-refractivity contribution in [3.05, 3.63) is 77.6 Å². The van der Waals surface area contributed by atoms with Crippen LogP contribution in [-0.4, -0.2) is 21.6 Å². The zero-order chi connectivity index (χ0) is 20.8. The summed E-state index contributed by atoms with van der Waals surface area (Å²) in [6, 6.07) is 17.1. The van der Waals surface area contributed by atoms with E-state index in [0.717, 1.165) is 11.3 Å². The van der Waals surface area contributed by atoms with Crippen LogP contribution < -0.4 is 10.6 Å². The molecule has 1 aromatic heterocycles. The second-order valence-electron chi connectivity index (χ2n) is 7.18. The Labute approximate surface area is 170 Å². The number of hydrogen-bond acceptors (Lipinski definition) is 3. The van der Waals surface area contributed by atoms with Gasteiger partial charge in [-0.2, -0.15) is 5.10 Å². The number of benzene rings is 2. The van der Waals surface area contributed by atoms with Gasteiger partial charge >= 0.3 is 0 Å². The van der Waals surface area contributed by atoms with Crippen molar-refractivity contribution in [3.8, 4) is 0 Å². The van der Waals surface area contributed by atoms with Gasteiger partial charge in [0.05, 0.1) is 24.0 Å². The lowest BCUT2D eigenvalue weighted by Gasteiger charge is -2.10. The van der Waals surface area contributed by atoms with Crippen LogP contribution >= 0.6 is 0 Å². The molecule has 0 bridgehead atoms. The maximum atomic E-state index is 12.8. The molecule has 3 rings (SSSR count). The van der Waals surface area contributed by atoms with Crippen LogP contribution in [0.1, 0.15) is 42.4 Å². The van der Waals surface area contributed by atoms with Gasteiger partial charge in [-0.25, -0.2) is 0 Å². The summed E-state index contributed by atoms with van der Waals surface area (Å²) >= 11 is 0. The molecule has 0 aliphatic heterocycles. The minimum absolute atomic E-state index is 0.0415. The number of hydrogen-bond donors (Lipinski definition) is 2. The van der Waals surface area contributed by atoms with Crippen molar-refractivity contribution in [3.63, 3.8) is 0 Å². The van der Waals surface area contributed by atoms with Crippen molar-refractivity contribution in [2.75, 3.05) is 10.6 Å². The van der Waals surface area contributed by atoms with Crippen molar-refractivity contribution < 1.29 is 9.59 Å². The maximum absolute atomic E-state index is 12.8. The molecule has 0 aliphatic rings. The second kappa shape index (κ2) is 9.19. The molecule has 0 unspecified atom stereocenters. The summed E-state index contributed by atoms with van der Waals surface area (Å²) in [7, 11) is 0. The molecule has 1 heterocycles. The molecule has 0 fully saturated rings. The fraction of sp³-hybridized carbons (Fsp3) is 0.261. The Bertz CT molecular complexity index is 976. The first kappa shape index (κ1) is 20.3. The van der Waals surface area contributed by atoms with Crippen molar-refractivity contribution in [2.24, 2.45) is 5.92 Å². The summed E-state index contributed by atoms with van der Waals surface area (Å²) in [6.45, 7) is 6.32. The van der Waals surface area contributed by atoms with Crippen LogP contribution in [0.5, 0.6) is 0 Å². The van der Waals surface area contributed by atoms with Gasteiger partial charge in [0.1, 0.15) is 0 Å². The fourth-order valence-electron chi connectivity index (χ4n) is 2.99. The van der Waals surface area contributed by atoms with Gasteiger partial charge in [-0.15, -0.1) is 0 Å². The molecule has 150 valence electrons. The molecule has 0 atom stereocenters. The van der Waals surface area contributed by atoms with Crippen LogP contribution in [-0.2, 0) is 17.8 Å². The van der Waals surface area contributed by atoms with Gasteiger partial charge in [0.25, 0.3) is 5.91 Å². The van der Waals surface area contributed by atoms with E-state index in [1.54, 1.807) is 30.5 Å². The summed E-state index contributed by atoms with van der Waals surface area (Å²) in [4.78, 5) is 24.6. The van der Waals surface area contributed by atoms with Crippen LogP contribution in [0.15, 0.2) is 60.8 Å². The molecule has 2 N–H and O–H groups in total. The standard InChI is InChI=1S/C23H26N4O2/c1-4-21-20(14-24-27(21)15-17-8-6-5-7-9-17)23(29)26-19-12-10-18(11-13-19)25-22(28)16(2)3/h5-14,16H,4,15H2,1-3H3,(H,25,28)(H,26,29). The number of aromatic nitrogens is 2. The summed E-state index contributed by atoms with van der Waals surface area (Å²) in [5, 5.41) is 10.2. The smallest absolute Gasteiger partial charge is 0.259 e. The van der Waals surface area contributed by atoms with E-state index in [1.165, 1.54) is 0 Å². The molecule has 6 heteroatoms. The average molecular weight is 390 g/mol. The highest BCUT2D eigenvalue weighted by Gasteiger charge is 2.17. The Kier molecular flexibility index (Phi) is 6.44. The number of carbonyl (C=O) groups is 2. The number of anilines is 2. The Morgan fingerprint density at radius 3 is 2.17 bits per heavy atom. The molecule has 0 radical (unpaired) electrons. The molecule has 0 saturated carbocycles. The third kappa shape index (κ3) is 5.10. The van der Waals surface area contributed by atoms with E-state index < -0.39 is 0 Å². The minimum Gasteiger partial charge on any atom is -0.326 e. The van der Waals surface area contributed by atoms with Crippen molar-refractivity contribution in [1.82, 2.24) is 9.78 Å². The number of nitrogens with one attached hydrogen (secondary N) is 2. The number of nitrogens with zero attached hydrogens (tertiary/aromatic N) is 2. The van der Waals surface area contributed by atoms with E-state index in [0.29, 0.717) is 29.9 Å². The van der Waals surface area contributed by atoms with Crippen molar-refractivity contribution in [2.45, 2.75) is 33.7 Å². The van der Waals surface area contributed by atoms with Crippen molar-refractivity contribution >= 4 is 23.2 Å². The first-order valence-electron chi connectivity index (χ1n) is 9.78. The molecule has 2 amide bonds. The molecule has 0 aliphatic carbocycles. The number of amides is 2. The topological polar surface area (TPSA) is 76.0 Å². The Hall–Kier alpha value is -3.41. The first-order chi connectivity index (χ1) is 14.0. The fourth-order valence-corrected chi connectivity index (χ4v) is 2.99. The van der Waals surface area contributed by atoms with Gasteiger partial charge in [0, 0.05) is 17.3 Å². The minimum atomic E-state index is -0.194. The highest BCUT2D eigenvalue weighted by atomic mass is 16.2. The van der Waals surface area contributed by atoms with Gasteiger partial charge in [0.2, 0.25) is 5.91 Å². The molecule has 0 saturated heterocycles. The van der Waals surface area contributed by atoms with Crippen LogP contribution in [0, 0.1) is 5.92 Å². The van der Waals surface area contributed by atoms with Crippen LogP contribution in [0.3, 0.4) is 0 Å². The van der Waals surface area contributed by atoms with E-state index in [-0.39, 0.29) is 17.7 Å². The van der Waals surface area contributed by atoms with Gasteiger partial charge in [-0.05, 0) is 36.2 Å². The largest absolute Gasteiger partial charge is 0.326 e. The average Bonchev–Trinajstić information content (AvgIpc) is 3.12. The Balaban J connectivity index is 1.70. The molecule has 0 spiro atoms. The van der Waals surface area contributed by atoms with E-state index >= 15 is 0 Å². The SMILES string of the molecule is CCc1c(C(=O)Nc2ccc(NC(=O)C(C)C)cc2)cnn1Cc1ccccc1. The summed E-state index contributed by atoms with van der Waals surface area (Å²) in [6.07, 6.45) is 2.32. The molecular weight excluding hydrogens is 364 g/mol. The second-order valence-corrected chi connectivity index (χ2v) is 7.18. The van der Waals surface area contributed by atoms with Crippen LogP contribution in [0.25, 0.3) is 0 Å². The van der Waals surface area contributed by atoms with E-state index in [2.05, 4.69) is 15.7 Å². The van der Waals surface area contributed by atoms with Gasteiger partial charge in [-0.3, -0.25) is 14.3 Å². The van der Waals surface area contributed by atoms with Gasteiger partial charge in [-0.1, -0.05) is 51.1 Å². The van der Waals surface area contributed by atoms with Crippen LogP contribution in [0.4, 0.5) is 11.4 Å². The zero-order valence-corrected chi connectivity index (χ0v) is 17.0. The van der Waals surface area contributed by atoms with Crippen molar-refractivity contribution in [1.29, 1.82) is 0 Å². The lowest BCUT2D eigenvalue weighted by atomic mass is 10.1. The number of carbonyl (C=O) groups excluding carboxylic acids is 2. The summed E-state index contributed by atoms with van der Waals surface area (Å²) < 4.78 is 1.87. The Morgan fingerprint density at radius 1 is 0.966 bits per heavy atom. The van der Waals surface area contributed by atoms with E-state index in [9.17, 15) is 9.59 Å². The third-order valence-electron chi connectivity index (χ3n) is 4.64. The summed E-state index contributed by atoms with van der Waals surface area (Å²) in [5.41, 5.74) is 3.96.